The standard InChI is InChI=1S/C15H25NO3/c1-11-12(7-13(19-11)14(2,3)4)8-16-9-15(17)5-6-18-10-15/h7,16-17H,5-6,8-10H2,1-4H3. The van der Waals surface area contributed by atoms with E-state index in [-0.39, 0.29) is 5.41 Å². The Balaban J connectivity index is 1.91. The van der Waals surface area contributed by atoms with Gasteiger partial charge in [-0.3, -0.25) is 0 Å². The first-order valence-corrected chi connectivity index (χ1v) is 6.91. The molecular weight excluding hydrogens is 242 g/mol. The van der Waals surface area contributed by atoms with Gasteiger partial charge >= 0.3 is 0 Å². The van der Waals surface area contributed by atoms with E-state index in [0.29, 0.717) is 32.7 Å². The number of ether oxygens (including phenoxy) is 1. The Morgan fingerprint density at radius 2 is 2.16 bits per heavy atom. The molecule has 1 aromatic rings. The third kappa shape index (κ3) is 3.59. The van der Waals surface area contributed by atoms with Gasteiger partial charge < -0.3 is 19.6 Å². The minimum absolute atomic E-state index is 0.0283. The van der Waals surface area contributed by atoms with Crippen LogP contribution in [0.15, 0.2) is 10.5 Å². The summed E-state index contributed by atoms with van der Waals surface area (Å²) in [5.41, 5.74) is 0.484. The van der Waals surface area contributed by atoms with Crippen LogP contribution < -0.4 is 5.32 Å². The lowest BCUT2D eigenvalue weighted by atomic mass is 9.93. The Kier molecular flexibility index (Phi) is 4.04. The average molecular weight is 267 g/mol. The second-order valence-corrected chi connectivity index (χ2v) is 6.57. The molecular formula is C15H25NO3. The molecule has 2 rings (SSSR count). The maximum absolute atomic E-state index is 10.2. The quantitative estimate of drug-likeness (QED) is 0.877. The van der Waals surface area contributed by atoms with Gasteiger partial charge in [-0.05, 0) is 13.0 Å². The molecule has 1 saturated heterocycles. The van der Waals surface area contributed by atoms with Gasteiger partial charge in [-0.1, -0.05) is 20.8 Å². The Morgan fingerprint density at radius 1 is 1.42 bits per heavy atom. The lowest BCUT2D eigenvalue weighted by molar-refractivity contribution is 0.0268. The van der Waals surface area contributed by atoms with E-state index in [9.17, 15) is 5.11 Å². The second-order valence-electron chi connectivity index (χ2n) is 6.57. The van der Waals surface area contributed by atoms with Crippen molar-refractivity contribution in [2.24, 2.45) is 0 Å². The minimum atomic E-state index is -0.704. The maximum Gasteiger partial charge on any atom is 0.109 e. The first-order valence-electron chi connectivity index (χ1n) is 6.91. The molecule has 0 amide bonds. The second kappa shape index (κ2) is 5.27. The van der Waals surface area contributed by atoms with Crippen LogP contribution in [0.2, 0.25) is 0 Å². The van der Waals surface area contributed by atoms with E-state index in [2.05, 4.69) is 32.2 Å². The third-order valence-electron chi connectivity index (χ3n) is 3.61. The summed E-state index contributed by atoms with van der Waals surface area (Å²) < 4.78 is 11.0. The summed E-state index contributed by atoms with van der Waals surface area (Å²) in [7, 11) is 0. The molecule has 1 aromatic heterocycles. The fourth-order valence-corrected chi connectivity index (χ4v) is 2.23. The summed E-state index contributed by atoms with van der Waals surface area (Å²) in [6.45, 7) is 10.8. The van der Waals surface area contributed by atoms with Crippen LogP contribution in [0.5, 0.6) is 0 Å². The Hall–Kier alpha value is -0.840. The predicted molar refractivity (Wildman–Crippen MR) is 74.2 cm³/mol. The molecule has 0 aromatic carbocycles. The van der Waals surface area contributed by atoms with Gasteiger partial charge in [-0.25, -0.2) is 0 Å². The average Bonchev–Trinajstić information content (AvgIpc) is 2.86. The van der Waals surface area contributed by atoms with Crippen LogP contribution in [0.3, 0.4) is 0 Å². The van der Waals surface area contributed by atoms with E-state index < -0.39 is 5.60 Å². The molecule has 1 atom stereocenters. The van der Waals surface area contributed by atoms with Gasteiger partial charge in [0.25, 0.3) is 0 Å². The smallest absolute Gasteiger partial charge is 0.109 e. The van der Waals surface area contributed by atoms with E-state index in [1.807, 2.05) is 6.92 Å². The third-order valence-corrected chi connectivity index (χ3v) is 3.61. The highest BCUT2D eigenvalue weighted by Gasteiger charge is 2.31. The molecule has 0 aliphatic carbocycles. The topological polar surface area (TPSA) is 54.6 Å². The molecule has 19 heavy (non-hydrogen) atoms. The Morgan fingerprint density at radius 3 is 2.68 bits per heavy atom. The molecule has 1 aliphatic heterocycles. The van der Waals surface area contributed by atoms with Crippen LogP contribution in [-0.2, 0) is 16.7 Å². The zero-order chi connectivity index (χ0) is 14.1. The SMILES string of the molecule is Cc1oc(C(C)(C)C)cc1CNCC1(O)CCOC1. The number of rotatable bonds is 4. The lowest BCUT2D eigenvalue weighted by Crippen LogP contribution is -2.40. The molecule has 0 radical (unpaired) electrons. The van der Waals surface area contributed by atoms with Crippen molar-refractivity contribution in [3.63, 3.8) is 0 Å². The minimum Gasteiger partial charge on any atom is -0.465 e. The fraction of sp³-hybridized carbons (Fsp3) is 0.733. The highest BCUT2D eigenvalue weighted by atomic mass is 16.5. The molecule has 4 heteroatoms. The summed E-state index contributed by atoms with van der Waals surface area (Å²) in [6.07, 6.45) is 0.706. The van der Waals surface area contributed by atoms with Gasteiger partial charge in [0.05, 0.1) is 6.61 Å². The van der Waals surface area contributed by atoms with E-state index in [1.165, 1.54) is 0 Å². The van der Waals surface area contributed by atoms with Crippen molar-refractivity contribution in [3.05, 3.63) is 23.2 Å². The van der Waals surface area contributed by atoms with E-state index in [4.69, 9.17) is 9.15 Å². The lowest BCUT2D eigenvalue weighted by Gasteiger charge is -2.20. The van der Waals surface area contributed by atoms with Crippen molar-refractivity contribution >= 4 is 0 Å². The van der Waals surface area contributed by atoms with Crippen LogP contribution in [0.4, 0.5) is 0 Å². The fourth-order valence-electron chi connectivity index (χ4n) is 2.23. The van der Waals surface area contributed by atoms with E-state index >= 15 is 0 Å². The molecule has 0 bridgehead atoms. The molecule has 1 unspecified atom stereocenters. The van der Waals surface area contributed by atoms with Gasteiger partial charge in [0.15, 0.2) is 0 Å². The molecule has 1 fully saturated rings. The summed E-state index contributed by atoms with van der Waals surface area (Å²) in [5, 5.41) is 13.5. The van der Waals surface area contributed by atoms with Crippen molar-refractivity contribution in [1.82, 2.24) is 5.32 Å². The van der Waals surface area contributed by atoms with Crippen LogP contribution >= 0.6 is 0 Å². The van der Waals surface area contributed by atoms with Crippen molar-refractivity contribution in [2.45, 2.75) is 51.7 Å². The zero-order valence-corrected chi connectivity index (χ0v) is 12.4. The number of hydrogen-bond donors (Lipinski definition) is 2. The molecule has 4 nitrogen and oxygen atoms in total. The number of aryl methyl sites for hydroxylation is 1. The summed E-state index contributed by atoms with van der Waals surface area (Å²) in [6, 6.07) is 2.11. The highest BCUT2D eigenvalue weighted by molar-refractivity contribution is 5.24. The van der Waals surface area contributed by atoms with Crippen molar-refractivity contribution in [2.75, 3.05) is 19.8 Å². The number of nitrogens with one attached hydrogen (secondary N) is 1. The van der Waals surface area contributed by atoms with E-state index in [1.54, 1.807) is 0 Å². The van der Waals surface area contributed by atoms with Gasteiger partial charge in [0, 0.05) is 37.1 Å². The monoisotopic (exact) mass is 267 g/mol. The first kappa shape index (κ1) is 14.6. The molecule has 2 N–H and O–H groups in total. The van der Waals surface area contributed by atoms with Crippen molar-refractivity contribution < 1.29 is 14.3 Å². The summed E-state index contributed by atoms with van der Waals surface area (Å²) in [4.78, 5) is 0. The summed E-state index contributed by atoms with van der Waals surface area (Å²) >= 11 is 0. The Labute approximate surface area is 115 Å². The van der Waals surface area contributed by atoms with E-state index in [0.717, 1.165) is 17.1 Å². The molecule has 0 spiro atoms. The maximum atomic E-state index is 10.2. The number of furan rings is 1. The largest absolute Gasteiger partial charge is 0.465 e. The van der Waals surface area contributed by atoms with Gasteiger partial charge in [-0.15, -0.1) is 0 Å². The normalized spacial score (nSPS) is 24.1. The predicted octanol–water partition coefficient (Wildman–Crippen LogP) is 2.13. The number of hydrogen-bond acceptors (Lipinski definition) is 4. The molecule has 108 valence electrons. The van der Waals surface area contributed by atoms with Gasteiger partial charge in [0.1, 0.15) is 17.1 Å². The van der Waals surface area contributed by atoms with Crippen LogP contribution in [0, 0.1) is 6.92 Å². The van der Waals surface area contributed by atoms with Crippen LogP contribution in [0.1, 0.15) is 44.3 Å². The molecule has 1 aliphatic rings. The Bertz CT molecular complexity index is 425. The highest BCUT2D eigenvalue weighted by Crippen LogP contribution is 2.27. The van der Waals surface area contributed by atoms with Gasteiger partial charge in [0.2, 0.25) is 0 Å². The zero-order valence-electron chi connectivity index (χ0n) is 12.4. The summed E-state index contributed by atoms with van der Waals surface area (Å²) in [5.74, 6) is 1.96. The van der Waals surface area contributed by atoms with Gasteiger partial charge in [-0.2, -0.15) is 0 Å². The van der Waals surface area contributed by atoms with Crippen molar-refractivity contribution in [3.8, 4) is 0 Å². The molecule has 2 heterocycles. The first-order chi connectivity index (χ1) is 8.80. The number of aliphatic hydroxyl groups is 1. The van der Waals surface area contributed by atoms with Crippen LogP contribution in [0.25, 0.3) is 0 Å². The van der Waals surface area contributed by atoms with Crippen molar-refractivity contribution in [1.29, 1.82) is 0 Å². The molecule has 0 saturated carbocycles. The van der Waals surface area contributed by atoms with Crippen LogP contribution in [-0.4, -0.2) is 30.5 Å².